The van der Waals surface area contributed by atoms with E-state index in [1.54, 1.807) is 0 Å². The SMILES string of the molecule is O=CC(CCC(=O)O)NCCCCNC(=O)CCCCCCCCCCCCCCCCCCC(=O)O. The van der Waals surface area contributed by atoms with Gasteiger partial charge in [0.25, 0.3) is 0 Å². The van der Waals surface area contributed by atoms with Crippen LogP contribution >= 0.6 is 0 Å². The number of carboxylic acid groups (broad SMARTS) is 2. The van der Waals surface area contributed by atoms with Gasteiger partial charge in [0.15, 0.2) is 0 Å². The molecule has 216 valence electrons. The van der Waals surface area contributed by atoms with Crippen molar-refractivity contribution in [2.75, 3.05) is 13.1 Å². The van der Waals surface area contributed by atoms with Gasteiger partial charge in [-0.15, -0.1) is 0 Å². The number of aliphatic carboxylic acids is 2. The van der Waals surface area contributed by atoms with Gasteiger partial charge in [0.05, 0.1) is 6.04 Å². The van der Waals surface area contributed by atoms with E-state index in [2.05, 4.69) is 10.6 Å². The van der Waals surface area contributed by atoms with Gasteiger partial charge in [0.1, 0.15) is 6.29 Å². The third-order valence-electron chi connectivity index (χ3n) is 6.71. The van der Waals surface area contributed by atoms with Gasteiger partial charge in [0, 0.05) is 25.8 Å². The molecular weight excluding hydrogens is 472 g/mol. The minimum absolute atomic E-state index is 0.0188. The Labute approximate surface area is 224 Å². The standard InChI is InChI=1S/C29H54N2O6/c32-25-26(21-22-29(36)37)30-23-17-18-24-31-27(33)19-15-13-11-9-7-5-3-1-2-4-6-8-10-12-14-16-20-28(34)35/h25-26,30H,1-24H2,(H,31,33)(H,34,35)(H,36,37). The molecule has 1 unspecified atom stereocenters. The van der Waals surface area contributed by atoms with Crippen LogP contribution in [0.25, 0.3) is 0 Å². The lowest BCUT2D eigenvalue weighted by atomic mass is 10.0. The Bertz CT molecular complexity index is 585. The molecule has 0 radical (unpaired) electrons. The van der Waals surface area contributed by atoms with Crippen LogP contribution in [0.4, 0.5) is 0 Å². The second-order valence-corrected chi connectivity index (χ2v) is 10.2. The second kappa shape index (κ2) is 27.1. The van der Waals surface area contributed by atoms with Crippen LogP contribution in [0.15, 0.2) is 0 Å². The molecule has 8 nitrogen and oxygen atoms in total. The van der Waals surface area contributed by atoms with Gasteiger partial charge < -0.3 is 25.6 Å². The monoisotopic (exact) mass is 526 g/mol. The highest BCUT2D eigenvalue weighted by atomic mass is 16.4. The predicted octanol–water partition coefficient (Wildman–Crippen LogP) is 6.01. The number of carbonyl (C=O) groups excluding carboxylic acids is 2. The molecule has 0 saturated carbocycles. The van der Waals surface area contributed by atoms with Gasteiger partial charge in [0.2, 0.25) is 5.91 Å². The summed E-state index contributed by atoms with van der Waals surface area (Å²) in [6.07, 6.45) is 22.9. The molecule has 0 spiro atoms. The van der Waals surface area contributed by atoms with Gasteiger partial charge in [-0.2, -0.15) is 0 Å². The summed E-state index contributed by atoms with van der Waals surface area (Å²) in [4.78, 5) is 43.8. The van der Waals surface area contributed by atoms with Crippen molar-refractivity contribution in [2.45, 2.75) is 147 Å². The highest BCUT2D eigenvalue weighted by Crippen LogP contribution is 2.14. The lowest BCUT2D eigenvalue weighted by molar-refractivity contribution is -0.138. The van der Waals surface area contributed by atoms with Crippen molar-refractivity contribution in [3.63, 3.8) is 0 Å². The number of carboxylic acids is 2. The number of nitrogens with one attached hydrogen (secondary N) is 2. The van der Waals surface area contributed by atoms with Gasteiger partial charge in [-0.25, -0.2) is 0 Å². The molecule has 0 aromatic heterocycles. The van der Waals surface area contributed by atoms with Crippen molar-refractivity contribution in [3.05, 3.63) is 0 Å². The molecule has 0 bridgehead atoms. The zero-order valence-corrected chi connectivity index (χ0v) is 23.2. The summed E-state index contributed by atoms with van der Waals surface area (Å²) in [6.45, 7) is 1.27. The zero-order valence-electron chi connectivity index (χ0n) is 23.2. The van der Waals surface area contributed by atoms with Crippen LogP contribution in [0.2, 0.25) is 0 Å². The number of carbonyl (C=O) groups is 4. The summed E-state index contributed by atoms with van der Waals surface area (Å²) in [5.74, 6) is -1.47. The molecule has 0 aliphatic heterocycles. The van der Waals surface area contributed by atoms with E-state index in [1.807, 2.05) is 0 Å². The fourth-order valence-corrected chi connectivity index (χ4v) is 4.39. The van der Waals surface area contributed by atoms with Crippen molar-refractivity contribution in [1.29, 1.82) is 0 Å². The van der Waals surface area contributed by atoms with Crippen LogP contribution in [0, 0.1) is 0 Å². The largest absolute Gasteiger partial charge is 0.481 e. The summed E-state index contributed by atoms with van der Waals surface area (Å²) in [6, 6.07) is -0.415. The molecule has 1 amide bonds. The summed E-state index contributed by atoms with van der Waals surface area (Å²) in [7, 11) is 0. The average Bonchev–Trinajstić information content (AvgIpc) is 2.86. The van der Waals surface area contributed by atoms with Crippen molar-refractivity contribution in [3.8, 4) is 0 Å². The third kappa shape index (κ3) is 28.5. The van der Waals surface area contributed by atoms with E-state index in [0.29, 0.717) is 32.4 Å². The van der Waals surface area contributed by atoms with E-state index in [4.69, 9.17) is 10.2 Å². The lowest BCUT2D eigenvalue weighted by Gasteiger charge is -2.11. The lowest BCUT2D eigenvalue weighted by Crippen LogP contribution is -2.32. The average molecular weight is 527 g/mol. The Morgan fingerprint density at radius 1 is 0.541 bits per heavy atom. The van der Waals surface area contributed by atoms with Gasteiger partial charge in [-0.3, -0.25) is 14.4 Å². The van der Waals surface area contributed by atoms with Crippen molar-refractivity contribution in [2.24, 2.45) is 0 Å². The Hall–Kier alpha value is -1.96. The predicted molar refractivity (Wildman–Crippen MR) is 148 cm³/mol. The first-order valence-corrected chi connectivity index (χ1v) is 14.8. The maximum absolute atomic E-state index is 11.9. The summed E-state index contributed by atoms with van der Waals surface area (Å²) in [5.41, 5.74) is 0. The molecule has 0 aromatic rings. The molecule has 4 N–H and O–H groups in total. The molecule has 0 heterocycles. The number of aldehydes is 1. The highest BCUT2D eigenvalue weighted by molar-refractivity contribution is 5.75. The first-order valence-electron chi connectivity index (χ1n) is 14.8. The van der Waals surface area contributed by atoms with Crippen LogP contribution in [-0.2, 0) is 19.2 Å². The highest BCUT2D eigenvalue weighted by Gasteiger charge is 2.08. The van der Waals surface area contributed by atoms with Crippen LogP contribution in [-0.4, -0.2) is 53.5 Å². The molecule has 0 aliphatic rings. The van der Waals surface area contributed by atoms with E-state index < -0.39 is 18.0 Å². The maximum atomic E-state index is 11.9. The van der Waals surface area contributed by atoms with E-state index in [1.165, 1.54) is 77.0 Å². The van der Waals surface area contributed by atoms with Gasteiger partial charge in [-0.1, -0.05) is 89.9 Å². The fraction of sp³-hybridized carbons (Fsp3) is 0.862. The number of unbranched alkanes of at least 4 members (excludes halogenated alkanes) is 16. The van der Waals surface area contributed by atoms with Crippen LogP contribution in [0.1, 0.15) is 141 Å². The molecule has 37 heavy (non-hydrogen) atoms. The topological polar surface area (TPSA) is 133 Å². The Kier molecular flexibility index (Phi) is 25.7. The summed E-state index contributed by atoms with van der Waals surface area (Å²) < 4.78 is 0. The maximum Gasteiger partial charge on any atom is 0.303 e. The Morgan fingerprint density at radius 3 is 1.38 bits per heavy atom. The number of amides is 1. The molecule has 0 aliphatic carbocycles. The first kappa shape index (κ1) is 35.0. The van der Waals surface area contributed by atoms with E-state index in [0.717, 1.165) is 44.8 Å². The molecule has 0 rings (SSSR count). The fourth-order valence-electron chi connectivity index (χ4n) is 4.39. The third-order valence-corrected chi connectivity index (χ3v) is 6.71. The second-order valence-electron chi connectivity index (χ2n) is 10.2. The number of hydrogen-bond donors (Lipinski definition) is 4. The molecule has 1 atom stereocenters. The normalized spacial score (nSPS) is 11.8. The van der Waals surface area contributed by atoms with Crippen LogP contribution < -0.4 is 10.6 Å². The van der Waals surface area contributed by atoms with Gasteiger partial charge in [-0.05, 0) is 38.6 Å². The quantitative estimate of drug-likeness (QED) is 0.0693. The van der Waals surface area contributed by atoms with Crippen LogP contribution in [0.5, 0.6) is 0 Å². The van der Waals surface area contributed by atoms with E-state index >= 15 is 0 Å². The summed E-state index contributed by atoms with van der Waals surface area (Å²) >= 11 is 0. The minimum Gasteiger partial charge on any atom is -0.481 e. The van der Waals surface area contributed by atoms with Crippen LogP contribution in [0.3, 0.4) is 0 Å². The molecule has 0 aromatic carbocycles. The number of rotatable bonds is 29. The van der Waals surface area contributed by atoms with E-state index in [9.17, 15) is 19.2 Å². The minimum atomic E-state index is -0.898. The van der Waals surface area contributed by atoms with Gasteiger partial charge >= 0.3 is 11.9 Å². The smallest absolute Gasteiger partial charge is 0.303 e. The number of hydrogen-bond acceptors (Lipinski definition) is 5. The van der Waals surface area contributed by atoms with Crippen molar-refractivity contribution < 1.29 is 29.4 Å². The molecule has 8 heteroatoms. The Balaban J connectivity index is 3.28. The molecular formula is C29H54N2O6. The summed E-state index contributed by atoms with van der Waals surface area (Å²) in [5, 5.41) is 23.3. The molecule has 0 fully saturated rings. The first-order chi connectivity index (χ1) is 18.0. The van der Waals surface area contributed by atoms with E-state index in [-0.39, 0.29) is 12.3 Å². The van der Waals surface area contributed by atoms with Crippen molar-refractivity contribution >= 4 is 24.1 Å². The zero-order chi connectivity index (χ0) is 27.4. The molecule has 0 saturated heterocycles. The van der Waals surface area contributed by atoms with Crippen molar-refractivity contribution in [1.82, 2.24) is 10.6 Å². The Morgan fingerprint density at radius 2 is 0.946 bits per heavy atom.